The molecule has 6 aromatic heterocycles. The fourth-order valence-corrected chi connectivity index (χ4v) is 15.9. The van der Waals surface area contributed by atoms with Gasteiger partial charge < -0.3 is 20.4 Å². The number of pyridine rings is 4. The Morgan fingerprint density at radius 3 is 1.59 bits per heavy atom. The summed E-state index contributed by atoms with van der Waals surface area (Å²) in [5.74, 6) is 4.24. The maximum absolute atomic E-state index is 12.6. The number of thiocarbonyl (C=S) groups is 1. The van der Waals surface area contributed by atoms with Crippen LogP contribution < -0.4 is 10.6 Å². The summed E-state index contributed by atoms with van der Waals surface area (Å²) in [4.78, 5) is 52.2. The molecule has 2 aliphatic rings. The van der Waals surface area contributed by atoms with Crippen LogP contribution in [0.1, 0.15) is 51.8 Å². The molecule has 1 amide bonds. The van der Waals surface area contributed by atoms with Crippen LogP contribution in [0.3, 0.4) is 0 Å². The van der Waals surface area contributed by atoms with Gasteiger partial charge in [0.2, 0.25) is 0 Å². The molecule has 21 heteroatoms. The van der Waals surface area contributed by atoms with E-state index in [4.69, 9.17) is 12.2 Å². The van der Waals surface area contributed by atoms with Gasteiger partial charge in [0.15, 0.2) is 0 Å². The predicted molar refractivity (Wildman–Crippen MR) is 264 cm³/mol. The van der Waals surface area contributed by atoms with Crippen molar-refractivity contribution >= 4 is 111 Å². The maximum atomic E-state index is 12.6. The van der Waals surface area contributed by atoms with Gasteiger partial charge in [0, 0.05) is 99.8 Å². The molecule has 0 aliphatic carbocycles. The number of hydrogen-bond donors (Lipinski definition) is 2. The van der Waals surface area contributed by atoms with Crippen molar-refractivity contribution in [3.05, 3.63) is 120 Å². The third-order valence-corrected chi connectivity index (χ3v) is 19.8. The molecule has 6 aromatic rings. The molecule has 8 rings (SSSR count). The molecule has 0 unspecified atom stereocenters. The summed E-state index contributed by atoms with van der Waals surface area (Å²) < 4.78 is 0. The molecule has 2 aliphatic heterocycles. The van der Waals surface area contributed by atoms with E-state index in [-0.39, 0.29) is 5.91 Å². The van der Waals surface area contributed by atoms with Gasteiger partial charge in [-0.05, 0) is 150 Å². The first-order valence-corrected chi connectivity index (χ1v) is 27.8. The van der Waals surface area contributed by atoms with Crippen LogP contribution in [0.4, 0.5) is 23.3 Å². The van der Waals surface area contributed by atoms with Gasteiger partial charge in [-0.1, -0.05) is 12.2 Å². The van der Waals surface area contributed by atoms with Crippen molar-refractivity contribution in [2.24, 2.45) is 0 Å². The molecular weight excluding hydrogens is 919 g/mol. The van der Waals surface area contributed by atoms with Gasteiger partial charge in [-0.15, -0.1) is 0 Å². The van der Waals surface area contributed by atoms with E-state index in [2.05, 4.69) is 84.5 Å². The molecule has 0 bridgehead atoms. The monoisotopic (exact) mass is 958 g/mol. The van der Waals surface area contributed by atoms with Gasteiger partial charge >= 0.3 is 0 Å². The zero-order valence-electron chi connectivity index (χ0n) is 33.5. The lowest BCUT2D eigenvalue weighted by Crippen LogP contribution is -2.42. The first-order valence-electron chi connectivity index (χ1n) is 18.8. The molecule has 0 spiro atoms. The molecule has 8 heterocycles. The van der Waals surface area contributed by atoms with Crippen LogP contribution in [0.5, 0.6) is 0 Å². The first-order chi connectivity index (χ1) is 29.6. The van der Waals surface area contributed by atoms with Gasteiger partial charge in [0.1, 0.15) is 39.9 Å². The fourth-order valence-electron chi connectivity index (χ4n) is 5.90. The van der Waals surface area contributed by atoms with E-state index in [0.29, 0.717) is 34.7 Å². The lowest BCUT2D eigenvalue weighted by Gasteiger charge is -2.33. The number of aryl methyl sites for hydroxylation is 4. The van der Waals surface area contributed by atoms with Crippen molar-refractivity contribution in [3.8, 4) is 22.3 Å². The summed E-state index contributed by atoms with van der Waals surface area (Å²) in [7, 11) is 6.83. The minimum Gasteiger partial charge on any atom is -0.362 e. The molecule has 13 nitrogen and oxygen atoms in total. The number of carbonyl (C=O) groups is 1. The summed E-state index contributed by atoms with van der Waals surface area (Å²) in [6.45, 7) is 11.3. The zero-order chi connectivity index (χ0) is 43.1. The Balaban J connectivity index is 0.000000177. The van der Waals surface area contributed by atoms with Crippen LogP contribution >= 0.6 is 26.3 Å². The second-order valence-corrected chi connectivity index (χ2v) is 23.6. The molecule has 0 radical (unpaired) electrons. The van der Waals surface area contributed by atoms with Gasteiger partial charge in [-0.3, -0.25) is 14.8 Å². The lowest BCUT2D eigenvalue weighted by atomic mass is 10.0. The number of likely N-dealkylation sites (tertiary alicyclic amines) is 2. The minimum absolute atomic E-state index is 0.0527. The topological polar surface area (TPSA) is 151 Å². The second kappa shape index (κ2) is 23.0. The highest BCUT2D eigenvalue weighted by molar-refractivity contribution is 8.63. The summed E-state index contributed by atoms with van der Waals surface area (Å²) in [5.41, 5.74) is 7.25. The highest BCUT2D eigenvalue weighted by Gasteiger charge is 2.24. The minimum atomic E-state index is 0.0527. The van der Waals surface area contributed by atoms with E-state index in [9.17, 15) is 4.79 Å². The maximum Gasteiger partial charge on any atom is 0.255 e. The Hall–Kier alpha value is -4.58. The predicted octanol–water partition coefficient (Wildman–Crippen LogP) is 8.53. The van der Waals surface area contributed by atoms with E-state index < -0.39 is 0 Å². The number of anilines is 4. The molecule has 2 fully saturated rings. The number of amides is 1. The molecule has 2 N–H and O–H groups in total. The molecule has 0 atom stereocenters. The van der Waals surface area contributed by atoms with Crippen LogP contribution in [0, 0.1) is 27.7 Å². The number of aromatic nitrogens is 8. The SMILES string of the molecule is Cc1nccc(Nc2cc(-c3cnc(C)c(C(=O)N4CCC4)c3)ccn2)n1.Cc1nccc(Nc2cc(-c3cnc(C)c(C(=S)N4CCC4)c3)ccn2)n1.S=PP=S=S=S=S. The van der Waals surface area contributed by atoms with E-state index >= 15 is 0 Å². The van der Waals surface area contributed by atoms with Crippen LogP contribution in [-0.2, 0) is 50.3 Å². The third-order valence-electron chi connectivity index (χ3n) is 9.30. The Bertz CT molecular complexity index is 2540. The number of nitrogens with zero attached hydrogens (tertiary/aromatic N) is 10. The Morgan fingerprint density at radius 2 is 1.13 bits per heavy atom. The van der Waals surface area contributed by atoms with E-state index in [1.54, 1.807) is 55.4 Å². The standard InChI is InChI=1S/C20H20N6O.C20H20N6S.P2S5/c2*1-13-17(20(27)26-8-3-9-26)10-16(12-23-13)15-4-6-22-19(11-15)25-18-5-7-21-14(2)24-18;3-1-2-5-7-6-4/h2*4-7,10-12H,3,8-9H2,1-2H3,(H,21,22,24,25);. The third kappa shape index (κ3) is 13.2. The average molecular weight is 959 g/mol. The van der Waals surface area contributed by atoms with Crippen LogP contribution in [0.15, 0.2) is 85.7 Å². The molecule has 2 saturated heterocycles. The summed E-state index contributed by atoms with van der Waals surface area (Å²) >= 11 is 14.9. The smallest absolute Gasteiger partial charge is 0.255 e. The van der Waals surface area contributed by atoms with Gasteiger partial charge in [-0.25, -0.2) is 29.9 Å². The highest BCUT2D eigenvalue weighted by Crippen LogP contribution is 2.27. The molecule has 0 aromatic carbocycles. The molecule has 312 valence electrons. The van der Waals surface area contributed by atoms with E-state index in [1.165, 1.54) is 22.3 Å². The van der Waals surface area contributed by atoms with Crippen molar-refractivity contribution in [2.75, 3.05) is 36.8 Å². The zero-order valence-corrected chi connectivity index (χ0v) is 40.2. The van der Waals surface area contributed by atoms with Crippen molar-refractivity contribution in [2.45, 2.75) is 40.5 Å². The average Bonchev–Trinajstić information content (AvgIpc) is 3.21. The summed E-state index contributed by atoms with van der Waals surface area (Å²) in [6, 6.07) is 15.4. The largest absolute Gasteiger partial charge is 0.362 e. The van der Waals surface area contributed by atoms with Crippen LogP contribution in [0.2, 0.25) is 0 Å². The molecule has 0 saturated carbocycles. The normalized spacial score (nSPS) is 12.7. The van der Waals surface area contributed by atoms with E-state index in [1.807, 2.05) is 75.2 Å². The van der Waals surface area contributed by atoms with Crippen molar-refractivity contribution in [1.82, 2.24) is 49.7 Å². The number of rotatable bonds is 9. The quantitative estimate of drug-likeness (QED) is 0.105. The van der Waals surface area contributed by atoms with Gasteiger partial charge in [0.05, 0.1) is 11.3 Å². The van der Waals surface area contributed by atoms with Gasteiger partial charge in [-0.2, -0.15) is 0 Å². The van der Waals surface area contributed by atoms with E-state index in [0.717, 1.165) is 89.7 Å². The molecule has 61 heavy (non-hydrogen) atoms. The summed E-state index contributed by atoms with van der Waals surface area (Å²) in [6.07, 6.45) is 12.9. The Labute approximate surface area is 382 Å². The number of nitrogens with one attached hydrogen (secondary N) is 2. The first kappa shape index (κ1) is 45.9. The summed E-state index contributed by atoms with van der Waals surface area (Å²) in [5, 5.41) is 6.41. The Kier molecular flexibility index (Phi) is 17.3. The lowest BCUT2D eigenvalue weighted by molar-refractivity contribution is 0.0650. The van der Waals surface area contributed by atoms with Gasteiger partial charge in [0.25, 0.3) is 5.91 Å². The number of hydrogen-bond acceptors (Lipinski definition) is 14. The highest BCUT2D eigenvalue weighted by atomic mass is 33.3. The molecular formula is C40H40N12OP2S6. The van der Waals surface area contributed by atoms with Crippen molar-refractivity contribution < 1.29 is 4.79 Å². The van der Waals surface area contributed by atoms with Crippen molar-refractivity contribution in [3.63, 3.8) is 0 Å². The Morgan fingerprint density at radius 1 is 0.639 bits per heavy atom. The number of carbonyl (C=O) groups excluding carboxylic acids is 1. The van der Waals surface area contributed by atoms with Crippen LogP contribution in [0.25, 0.3) is 22.3 Å². The second-order valence-electron chi connectivity index (χ2n) is 13.5. The van der Waals surface area contributed by atoms with Crippen molar-refractivity contribution in [1.29, 1.82) is 0 Å². The fraction of sp³-hybridized carbons (Fsp3) is 0.250. The van der Waals surface area contributed by atoms with Crippen LogP contribution in [-0.4, -0.2) is 86.7 Å².